The van der Waals surface area contributed by atoms with Crippen LogP contribution in [0.15, 0.2) is 36.4 Å². The van der Waals surface area contributed by atoms with Crippen molar-refractivity contribution in [3.8, 4) is 5.75 Å². The Hall–Kier alpha value is -2.97. The summed E-state index contributed by atoms with van der Waals surface area (Å²) in [5, 5.41) is 0.776. The van der Waals surface area contributed by atoms with Gasteiger partial charge in [0.05, 0.1) is 31.1 Å². The molecule has 5 atom stereocenters. The van der Waals surface area contributed by atoms with Gasteiger partial charge in [-0.15, -0.1) is 0 Å². The number of aryl methyl sites for hydroxylation is 1. The summed E-state index contributed by atoms with van der Waals surface area (Å²) >= 11 is 6.45. The number of carbonyl (C=O) groups excluding carboxylic acids is 2. The van der Waals surface area contributed by atoms with Crippen molar-refractivity contribution in [1.82, 2.24) is 4.90 Å². The summed E-state index contributed by atoms with van der Waals surface area (Å²) in [6, 6.07) is 12.0. The Labute approximate surface area is 285 Å². The standard InChI is InChI=1S/C38H51ClN2O6/c1-37(2,3)47-36(43)40(4)17-14-25-15-18-45-34(19-25)30-11-8-28(30)22-41-23-38(16-6-7-26-20-29(39)10-12-31(26)38)24-46-33-13-9-27(21-32(33)41)35(42)44-5/h9-10,12-13,20-21,25,28,30,34H,6-8,11,14-19,22-24H2,1-5H3/t25-,28?,30?,34-,38-/m0/s1. The van der Waals surface area contributed by atoms with Gasteiger partial charge in [0.1, 0.15) is 11.4 Å². The minimum Gasteiger partial charge on any atom is -0.490 e. The second kappa shape index (κ2) is 13.9. The molecular weight excluding hydrogens is 616 g/mol. The highest BCUT2D eigenvalue weighted by molar-refractivity contribution is 6.30. The average Bonchev–Trinajstić information content (AvgIpc) is 3.17. The highest BCUT2D eigenvalue weighted by atomic mass is 35.5. The first-order chi connectivity index (χ1) is 22.4. The molecule has 1 saturated carbocycles. The van der Waals surface area contributed by atoms with Crippen LogP contribution in [0.5, 0.6) is 5.75 Å². The molecular formula is C38H51ClN2O6. The van der Waals surface area contributed by atoms with Crippen LogP contribution in [0.2, 0.25) is 5.02 Å². The molecule has 6 rings (SSSR count). The minimum absolute atomic E-state index is 0.172. The van der Waals surface area contributed by atoms with Crippen molar-refractivity contribution >= 4 is 29.4 Å². The van der Waals surface area contributed by atoms with Crippen LogP contribution in [0.4, 0.5) is 10.5 Å². The molecule has 2 fully saturated rings. The molecule has 47 heavy (non-hydrogen) atoms. The SMILES string of the molecule is COC(=O)c1ccc2c(c1)N(CC1CCC1[C@@H]1C[C@@H](CCN(C)C(=O)OC(C)(C)C)CCO1)C[C@@]1(CCCc3cc(Cl)ccc31)CO2. The van der Waals surface area contributed by atoms with E-state index < -0.39 is 5.60 Å². The number of halogens is 1. The van der Waals surface area contributed by atoms with Crippen LogP contribution in [0, 0.1) is 17.8 Å². The molecule has 2 unspecified atom stereocenters. The second-order valence-electron chi connectivity index (χ2n) is 15.3. The van der Waals surface area contributed by atoms with Crippen LogP contribution < -0.4 is 9.64 Å². The lowest BCUT2D eigenvalue weighted by Gasteiger charge is -2.48. The summed E-state index contributed by atoms with van der Waals surface area (Å²) < 4.78 is 23.7. The summed E-state index contributed by atoms with van der Waals surface area (Å²) in [4.78, 5) is 29.3. The second-order valence-corrected chi connectivity index (χ2v) is 15.7. The normalized spacial score (nSPS) is 27.1. The van der Waals surface area contributed by atoms with Gasteiger partial charge in [0.25, 0.3) is 0 Å². The van der Waals surface area contributed by atoms with E-state index in [2.05, 4.69) is 17.0 Å². The van der Waals surface area contributed by atoms with Gasteiger partial charge in [-0.2, -0.15) is 0 Å². The number of benzene rings is 2. The van der Waals surface area contributed by atoms with E-state index >= 15 is 0 Å². The first kappa shape index (κ1) is 33.9. The van der Waals surface area contributed by atoms with Gasteiger partial charge in [-0.1, -0.05) is 17.7 Å². The van der Waals surface area contributed by atoms with E-state index in [9.17, 15) is 9.59 Å². The van der Waals surface area contributed by atoms with Crippen LogP contribution in [0.1, 0.15) is 87.2 Å². The Bertz CT molecular complexity index is 1460. The minimum atomic E-state index is -0.497. The van der Waals surface area contributed by atoms with Gasteiger partial charge >= 0.3 is 12.1 Å². The molecule has 1 spiro atoms. The van der Waals surface area contributed by atoms with Crippen molar-refractivity contribution in [1.29, 1.82) is 0 Å². The summed E-state index contributed by atoms with van der Waals surface area (Å²) in [5.41, 5.74) is 3.47. The number of ether oxygens (including phenoxy) is 4. The van der Waals surface area contributed by atoms with Gasteiger partial charge in [-0.25, -0.2) is 9.59 Å². The van der Waals surface area contributed by atoms with Crippen LogP contribution in [-0.2, 0) is 26.0 Å². The van der Waals surface area contributed by atoms with E-state index in [1.54, 1.807) is 11.0 Å². The van der Waals surface area contributed by atoms with E-state index in [0.717, 1.165) is 87.5 Å². The lowest BCUT2D eigenvalue weighted by molar-refractivity contribution is -0.0839. The van der Waals surface area contributed by atoms with E-state index in [-0.39, 0.29) is 23.6 Å². The molecule has 1 saturated heterocycles. The quantitative estimate of drug-likeness (QED) is 0.281. The molecule has 2 heterocycles. The number of rotatable bonds is 7. The fourth-order valence-corrected chi connectivity index (χ4v) is 8.42. The number of hydrogen-bond acceptors (Lipinski definition) is 7. The predicted molar refractivity (Wildman–Crippen MR) is 184 cm³/mol. The van der Waals surface area contributed by atoms with Crippen LogP contribution in [0.3, 0.4) is 0 Å². The summed E-state index contributed by atoms with van der Waals surface area (Å²) in [6.45, 7) is 9.42. The molecule has 1 amide bonds. The third-order valence-electron chi connectivity index (χ3n) is 10.9. The van der Waals surface area contributed by atoms with Crippen LogP contribution >= 0.6 is 11.6 Å². The zero-order valence-corrected chi connectivity index (χ0v) is 29.4. The van der Waals surface area contributed by atoms with Crippen molar-refractivity contribution < 1.29 is 28.5 Å². The van der Waals surface area contributed by atoms with Crippen molar-refractivity contribution in [3.63, 3.8) is 0 Å². The number of anilines is 1. The molecule has 0 radical (unpaired) electrons. The van der Waals surface area contributed by atoms with Gasteiger partial charge in [0, 0.05) is 43.7 Å². The van der Waals surface area contributed by atoms with E-state index in [4.69, 9.17) is 30.5 Å². The maximum atomic E-state index is 12.6. The lowest BCUT2D eigenvalue weighted by Crippen LogP contribution is -2.50. The smallest absolute Gasteiger partial charge is 0.410 e. The van der Waals surface area contributed by atoms with E-state index in [1.165, 1.54) is 18.2 Å². The molecule has 256 valence electrons. The Kier molecular flexibility index (Phi) is 10.0. The number of nitrogens with zero attached hydrogens (tertiary/aromatic N) is 2. The molecule has 0 bridgehead atoms. The van der Waals surface area contributed by atoms with Gasteiger partial charge in [-0.05, 0) is 131 Å². The summed E-state index contributed by atoms with van der Waals surface area (Å²) in [7, 11) is 3.25. The third-order valence-corrected chi connectivity index (χ3v) is 11.1. The fourth-order valence-electron chi connectivity index (χ4n) is 8.22. The Balaban J connectivity index is 1.19. The molecule has 0 N–H and O–H groups in total. The first-order valence-corrected chi connectivity index (χ1v) is 17.8. The number of carbonyl (C=O) groups is 2. The maximum Gasteiger partial charge on any atom is 0.410 e. The Morgan fingerprint density at radius 2 is 1.96 bits per heavy atom. The molecule has 2 aliphatic carbocycles. The number of amides is 1. The van der Waals surface area contributed by atoms with Crippen molar-refractivity contribution in [2.24, 2.45) is 17.8 Å². The largest absolute Gasteiger partial charge is 0.490 e. The van der Waals surface area contributed by atoms with Crippen molar-refractivity contribution in [3.05, 3.63) is 58.1 Å². The highest BCUT2D eigenvalue weighted by Crippen LogP contribution is 2.48. The van der Waals surface area contributed by atoms with Gasteiger partial charge in [0.15, 0.2) is 0 Å². The monoisotopic (exact) mass is 666 g/mol. The van der Waals surface area contributed by atoms with Crippen molar-refractivity contribution in [2.75, 3.05) is 51.9 Å². The number of methoxy groups -OCH3 is 1. The Morgan fingerprint density at radius 3 is 2.70 bits per heavy atom. The van der Waals surface area contributed by atoms with Crippen LogP contribution in [0.25, 0.3) is 0 Å². The van der Waals surface area contributed by atoms with Crippen molar-refractivity contribution in [2.45, 2.75) is 89.3 Å². The number of esters is 1. The van der Waals surface area contributed by atoms with Gasteiger partial charge < -0.3 is 28.7 Å². The van der Waals surface area contributed by atoms with Gasteiger partial charge in [-0.3, -0.25) is 0 Å². The van der Waals surface area contributed by atoms with Crippen LogP contribution in [-0.4, -0.2) is 75.7 Å². The van der Waals surface area contributed by atoms with E-state index in [1.807, 2.05) is 46.0 Å². The fraction of sp³-hybridized carbons (Fsp3) is 0.632. The molecule has 0 aromatic heterocycles. The molecule has 2 aliphatic heterocycles. The third kappa shape index (κ3) is 7.54. The number of hydrogen-bond donors (Lipinski definition) is 0. The van der Waals surface area contributed by atoms with Gasteiger partial charge in [0.2, 0.25) is 0 Å². The molecule has 2 aromatic rings. The lowest BCUT2D eigenvalue weighted by atomic mass is 9.67. The maximum absolute atomic E-state index is 12.6. The topological polar surface area (TPSA) is 77.5 Å². The highest BCUT2D eigenvalue weighted by Gasteiger charge is 2.45. The first-order valence-electron chi connectivity index (χ1n) is 17.4. The Morgan fingerprint density at radius 1 is 1.13 bits per heavy atom. The molecule has 8 nitrogen and oxygen atoms in total. The summed E-state index contributed by atoms with van der Waals surface area (Å²) in [6.07, 6.45) is 8.40. The molecule has 9 heteroatoms. The van der Waals surface area contributed by atoms with E-state index in [0.29, 0.717) is 36.5 Å². The zero-order valence-electron chi connectivity index (χ0n) is 28.7. The zero-order chi connectivity index (χ0) is 33.3. The molecule has 2 aromatic carbocycles. The molecule has 4 aliphatic rings. The average molecular weight is 667 g/mol. The predicted octanol–water partition coefficient (Wildman–Crippen LogP) is 7.68. The summed E-state index contributed by atoms with van der Waals surface area (Å²) in [5.74, 6) is 1.94. The number of fused-ring (bicyclic) bond motifs is 3.